The Morgan fingerprint density at radius 1 is 1.33 bits per heavy atom. The number of ether oxygens (including phenoxy) is 1. The van der Waals surface area contributed by atoms with E-state index in [0.29, 0.717) is 13.0 Å². The molecule has 0 aromatic heterocycles. The first-order chi connectivity index (χ1) is 8.13. The lowest BCUT2D eigenvalue weighted by molar-refractivity contribution is -0.143. The maximum Gasteiger partial charge on any atom is 0.411 e. The Balaban J connectivity index is 2.83. The van der Waals surface area contributed by atoms with E-state index in [0.717, 1.165) is 0 Å². The lowest BCUT2D eigenvalue weighted by atomic mass is 9.89. The SMILES string of the molecule is CC(C)[C@@H]1CCN(C(=O)OC(C)(C)C)[C@H]1C(=O)O. The van der Waals surface area contributed by atoms with Crippen LogP contribution in [-0.2, 0) is 9.53 Å². The third-order valence-electron chi connectivity index (χ3n) is 3.18. The van der Waals surface area contributed by atoms with Gasteiger partial charge in [0, 0.05) is 6.54 Å². The Kier molecular flexibility index (Phi) is 4.24. The van der Waals surface area contributed by atoms with Crippen molar-refractivity contribution >= 4 is 12.1 Å². The van der Waals surface area contributed by atoms with Gasteiger partial charge in [0.05, 0.1) is 0 Å². The molecular weight excluding hydrogens is 234 g/mol. The summed E-state index contributed by atoms with van der Waals surface area (Å²) in [6.07, 6.45) is 0.187. The monoisotopic (exact) mass is 257 g/mol. The number of nitrogens with zero attached hydrogens (tertiary/aromatic N) is 1. The Morgan fingerprint density at radius 3 is 2.28 bits per heavy atom. The second-order valence-electron chi connectivity index (χ2n) is 6.15. The molecule has 1 fully saturated rings. The van der Waals surface area contributed by atoms with Crippen LogP contribution in [0.1, 0.15) is 41.0 Å². The number of hydrogen-bond donors (Lipinski definition) is 1. The normalized spacial score (nSPS) is 24.4. The molecule has 2 atom stereocenters. The quantitative estimate of drug-likeness (QED) is 0.824. The molecule has 0 radical (unpaired) electrons. The summed E-state index contributed by atoms with van der Waals surface area (Å²) in [6, 6.07) is -0.764. The summed E-state index contributed by atoms with van der Waals surface area (Å²) in [6.45, 7) is 9.75. The van der Waals surface area contributed by atoms with Gasteiger partial charge in [0.25, 0.3) is 0 Å². The van der Waals surface area contributed by atoms with Crippen molar-refractivity contribution in [1.82, 2.24) is 4.90 Å². The van der Waals surface area contributed by atoms with Gasteiger partial charge in [-0.3, -0.25) is 4.90 Å². The fourth-order valence-electron chi connectivity index (χ4n) is 2.36. The minimum Gasteiger partial charge on any atom is -0.480 e. The number of carboxylic acid groups (broad SMARTS) is 1. The number of rotatable bonds is 2. The number of carbonyl (C=O) groups excluding carboxylic acids is 1. The summed E-state index contributed by atoms with van der Waals surface area (Å²) in [4.78, 5) is 24.7. The molecule has 0 bridgehead atoms. The van der Waals surface area contributed by atoms with E-state index in [2.05, 4.69) is 0 Å². The van der Waals surface area contributed by atoms with Gasteiger partial charge in [0.2, 0.25) is 0 Å². The summed E-state index contributed by atoms with van der Waals surface area (Å²) >= 11 is 0. The summed E-state index contributed by atoms with van der Waals surface area (Å²) in [5.74, 6) is -0.717. The molecule has 0 unspecified atom stereocenters. The van der Waals surface area contributed by atoms with Gasteiger partial charge in [-0.2, -0.15) is 0 Å². The molecule has 18 heavy (non-hydrogen) atoms. The molecule has 1 rings (SSSR count). The van der Waals surface area contributed by atoms with Gasteiger partial charge in [-0.1, -0.05) is 13.8 Å². The fraction of sp³-hybridized carbons (Fsp3) is 0.846. The Labute approximate surface area is 108 Å². The van der Waals surface area contributed by atoms with Gasteiger partial charge in [-0.15, -0.1) is 0 Å². The average Bonchev–Trinajstić information content (AvgIpc) is 2.58. The second kappa shape index (κ2) is 5.16. The molecule has 104 valence electrons. The van der Waals surface area contributed by atoms with Crippen LogP contribution in [0, 0.1) is 11.8 Å². The van der Waals surface area contributed by atoms with Gasteiger partial charge in [-0.05, 0) is 39.0 Å². The van der Waals surface area contributed by atoms with Gasteiger partial charge in [0.15, 0.2) is 0 Å². The zero-order valence-electron chi connectivity index (χ0n) is 11.8. The molecule has 1 saturated heterocycles. The van der Waals surface area contributed by atoms with E-state index in [1.54, 1.807) is 20.8 Å². The highest BCUT2D eigenvalue weighted by Crippen LogP contribution is 2.31. The Morgan fingerprint density at radius 2 is 1.89 bits per heavy atom. The standard InChI is InChI=1S/C13H23NO4/c1-8(2)9-6-7-14(10(9)11(15)16)12(17)18-13(3,4)5/h8-10H,6-7H2,1-5H3,(H,15,16)/t9-,10+/m0/s1. The van der Waals surface area contributed by atoms with Crippen molar-refractivity contribution in [3.05, 3.63) is 0 Å². The number of hydrogen-bond acceptors (Lipinski definition) is 3. The molecule has 0 spiro atoms. The van der Waals surface area contributed by atoms with Crippen LogP contribution in [-0.4, -0.2) is 40.3 Å². The predicted octanol–water partition coefficient (Wildman–Crippen LogP) is 2.35. The maximum atomic E-state index is 12.0. The van der Waals surface area contributed by atoms with Crippen molar-refractivity contribution in [2.75, 3.05) is 6.54 Å². The van der Waals surface area contributed by atoms with E-state index < -0.39 is 23.7 Å². The van der Waals surface area contributed by atoms with E-state index in [1.165, 1.54) is 4.90 Å². The Bertz CT molecular complexity index is 332. The predicted molar refractivity (Wildman–Crippen MR) is 67.3 cm³/mol. The summed E-state index contributed by atoms with van der Waals surface area (Å²) < 4.78 is 5.25. The molecule has 0 aromatic carbocycles. The minimum atomic E-state index is -0.947. The molecule has 1 heterocycles. The van der Waals surface area contributed by atoms with Crippen molar-refractivity contribution in [3.8, 4) is 0 Å². The van der Waals surface area contributed by atoms with Crippen molar-refractivity contribution < 1.29 is 19.4 Å². The summed E-state index contributed by atoms with van der Waals surface area (Å²) in [5.41, 5.74) is -0.601. The van der Waals surface area contributed by atoms with Gasteiger partial charge < -0.3 is 9.84 Å². The number of likely N-dealkylation sites (tertiary alicyclic amines) is 1. The number of carboxylic acids is 1. The maximum absolute atomic E-state index is 12.0. The lowest BCUT2D eigenvalue weighted by Gasteiger charge is -2.29. The fourth-order valence-corrected chi connectivity index (χ4v) is 2.36. The number of carbonyl (C=O) groups is 2. The van der Waals surface area contributed by atoms with Crippen molar-refractivity contribution in [3.63, 3.8) is 0 Å². The van der Waals surface area contributed by atoms with E-state index in [1.807, 2.05) is 13.8 Å². The van der Waals surface area contributed by atoms with Crippen LogP contribution in [0.5, 0.6) is 0 Å². The van der Waals surface area contributed by atoms with Crippen molar-refractivity contribution in [1.29, 1.82) is 0 Å². The molecule has 0 saturated carbocycles. The third kappa shape index (κ3) is 3.37. The summed E-state index contributed by atoms with van der Waals surface area (Å²) in [5, 5.41) is 9.30. The van der Waals surface area contributed by atoms with Crippen LogP contribution in [0.25, 0.3) is 0 Å². The van der Waals surface area contributed by atoms with Crippen LogP contribution in [0.15, 0.2) is 0 Å². The van der Waals surface area contributed by atoms with E-state index in [9.17, 15) is 14.7 Å². The molecule has 0 aliphatic carbocycles. The zero-order chi connectivity index (χ0) is 14.1. The van der Waals surface area contributed by atoms with Crippen LogP contribution >= 0.6 is 0 Å². The topological polar surface area (TPSA) is 66.8 Å². The first-order valence-corrected chi connectivity index (χ1v) is 6.36. The first-order valence-electron chi connectivity index (χ1n) is 6.36. The molecule has 0 aromatic rings. The molecule has 5 heteroatoms. The van der Waals surface area contributed by atoms with Gasteiger partial charge >= 0.3 is 12.1 Å². The molecule has 1 N–H and O–H groups in total. The van der Waals surface area contributed by atoms with Gasteiger partial charge in [-0.25, -0.2) is 9.59 Å². The average molecular weight is 257 g/mol. The van der Waals surface area contributed by atoms with E-state index >= 15 is 0 Å². The van der Waals surface area contributed by atoms with E-state index in [4.69, 9.17) is 4.74 Å². The number of aliphatic carboxylic acids is 1. The molecule has 1 aliphatic heterocycles. The van der Waals surface area contributed by atoms with E-state index in [-0.39, 0.29) is 11.8 Å². The largest absolute Gasteiger partial charge is 0.480 e. The third-order valence-corrected chi connectivity index (χ3v) is 3.18. The number of amides is 1. The van der Waals surface area contributed by atoms with Crippen LogP contribution in [0.4, 0.5) is 4.79 Å². The highest BCUT2D eigenvalue weighted by atomic mass is 16.6. The smallest absolute Gasteiger partial charge is 0.411 e. The van der Waals surface area contributed by atoms with Crippen molar-refractivity contribution in [2.45, 2.75) is 52.7 Å². The molecule has 5 nitrogen and oxygen atoms in total. The lowest BCUT2D eigenvalue weighted by Crippen LogP contribution is -2.46. The Hall–Kier alpha value is -1.26. The van der Waals surface area contributed by atoms with Crippen LogP contribution in [0.3, 0.4) is 0 Å². The second-order valence-corrected chi connectivity index (χ2v) is 6.15. The zero-order valence-corrected chi connectivity index (χ0v) is 11.8. The van der Waals surface area contributed by atoms with Crippen LogP contribution < -0.4 is 0 Å². The first kappa shape index (κ1) is 14.8. The minimum absolute atomic E-state index is 0.00461. The highest BCUT2D eigenvalue weighted by Gasteiger charge is 2.44. The molecular formula is C13H23NO4. The molecule has 1 amide bonds. The van der Waals surface area contributed by atoms with Crippen molar-refractivity contribution in [2.24, 2.45) is 11.8 Å². The highest BCUT2D eigenvalue weighted by molar-refractivity contribution is 5.81. The molecule has 1 aliphatic rings. The van der Waals surface area contributed by atoms with Gasteiger partial charge in [0.1, 0.15) is 11.6 Å². The summed E-state index contributed by atoms with van der Waals surface area (Å²) in [7, 11) is 0. The van der Waals surface area contributed by atoms with Crippen LogP contribution in [0.2, 0.25) is 0 Å².